The number of rotatable bonds is 3. The number of nitrogens with zero attached hydrogens (tertiary/aromatic N) is 2. The minimum absolute atomic E-state index is 0.0142. The summed E-state index contributed by atoms with van der Waals surface area (Å²) in [6.07, 6.45) is 2.18. The predicted octanol–water partition coefficient (Wildman–Crippen LogP) is 1.34. The first-order valence-corrected chi connectivity index (χ1v) is 6.01. The van der Waals surface area contributed by atoms with Crippen molar-refractivity contribution in [3.8, 4) is 0 Å². The molecule has 3 heteroatoms. The number of carbonyl (C=O) groups excluding carboxylic acids is 1. The second-order valence-electron chi connectivity index (χ2n) is 5.43. The van der Waals surface area contributed by atoms with Gasteiger partial charge in [0, 0.05) is 32.2 Å². The topological polar surface area (TPSA) is 23.6 Å². The van der Waals surface area contributed by atoms with Gasteiger partial charge in [-0.05, 0) is 33.6 Å². The molecule has 3 nitrogen and oxygen atoms in total. The van der Waals surface area contributed by atoms with Gasteiger partial charge in [-0.15, -0.1) is 0 Å². The molecule has 2 bridgehead atoms. The molecule has 0 aromatic carbocycles. The van der Waals surface area contributed by atoms with E-state index in [1.54, 1.807) is 0 Å². The van der Waals surface area contributed by atoms with Crippen molar-refractivity contribution in [1.82, 2.24) is 9.80 Å². The van der Waals surface area contributed by atoms with E-state index < -0.39 is 0 Å². The molecule has 3 aliphatic rings. The van der Waals surface area contributed by atoms with Crippen molar-refractivity contribution < 1.29 is 4.79 Å². The zero-order valence-electron chi connectivity index (χ0n) is 10.3. The van der Waals surface area contributed by atoms with Crippen molar-refractivity contribution >= 4 is 5.91 Å². The number of carbonyl (C=O) groups is 1. The fourth-order valence-electron chi connectivity index (χ4n) is 3.08. The van der Waals surface area contributed by atoms with Crippen LogP contribution in [-0.4, -0.2) is 47.9 Å². The first-order chi connectivity index (χ1) is 7.00. The first kappa shape index (κ1) is 10.9. The van der Waals surface area contributed by atoms with Gasteiger partial charge in [-0.2, -0.15) is 0 Å². The van der Waals surface area contributed by atoms with Gasteiger partial charge in [0.25, 0.3) is 0 Å². The van der Waals surface area contributed by atoms with Gasteiger partial charge in [-0.3, -0.25) is 9.69 Å². The Labute approximate surface area is 92.4 Å². The lowest BCUT2D eigenvalue weighted by Gasteiger charge is -2.38. The summed E-state index contributed by atoms with van der Waals surface area (Å²) >= 11 is 0. The van der Waals surface area contributed by atoms with Crippen molar-refractivity contribution in [2.45, 2.75) is 45.7 Å². The summed E-state index contributed by atoms with van der Waals surface area (Å²) in [6.45, 7) is 8.30. The minimum Gasteiger partial charge on any atom is -0.346 e. The van der Waals surface area contributed by atoms with Crippen LogP contribution in [0, 0.1) is 5.41 Å². The Balaban J connectivity index is 2.05. The van der Waals surface area contributed by atoms with E-state index in [0.717, 1.165) is 25.9 Å². The van der Waals surface area contributed by atoms with Crippen LogP contribution in [0.25, 0.3) is 0 Å². The minimum atomic E-state index is -0.0142. The summed E-state index contributed by atoms with van der Waals surface area (Å²) in [4.78, 5) is 16.6. The molecule has 15 heavy (non-hydrogen) atoms. The lowest BCUT2D eigenvalue weighted by Crippen LogP contribution is -2.47. The molecule has 0 atom stereocenters. The zero-order valence-corrected chi connectivity index (χ0v) is 10.3. The standard InChI is InChI=1S/C12H22N2O/c1-5-13(4)11(15)12-6-10(7-12)14(8-12)9(2)3/h9-10H,5-8H2,1-4H3. The van der Waals surface area contributed by atoms with Crippen LogP contribution in [0.2, 0.25) is 0 Å². The van der Waals surface area contributed by atoms with Gasteiger partial charge in [0.1, 0.15) is 0 Å². The second-order valence-corrected chi connectivity index (χ2v) is 5.43. The molecule has 3 fully saturated rings. The van der Waals surface area contributed by atoms with Gasteiger partial charge in [0.15, 0.2) is 0 Å². The molecule has 0 aromatic rings. The highest BCUT2D eigenvalue weighted by Gasteiger charge is 2.60. The van der Waals surface area contributed by atoms with Gasteiger partial charge in [0.2, 0.25) is 5.91 Å². The van der Waals surface area contributed by atoms with E-state index >= 15 is 0 Å². The number of amides is 1. The van der Waals surface area contributed by atoms with E-state index in [1.807, 2.05) is 18.9 Å². The number of hydrogen-bond donors (Lipinski definition) is 0. The SMILES string of the molecule is CCN(C)C(=O)C12CC(C1)N(C(C)C)C2. The van der Waals surface area contributed by atoms with E-state index in [2.05, 4.69) is 18.7 Å². The Morgan fingerprint density at radius 3 is 2.53 bits per heavy atom. The molecule has 0 aromatic heterocycles. The fourth-order valence-corrected chi connectivity index (χ4v) is 3.08. The number of fused-ring (bicyclic) bond motifs is 1. The van der Waals surface area contributed by atoms with Gasteiger partial charge in [-0.25, -0.2) is 0 Å². The fraction of sp³-hybridized carbons (Fsp3) is 0.917. The van der Waals surface area contributed by atoms with Crippen LogP contribution in [0.5, 0.6) is 0 Å². The van der Waals surface area contributed by atoms with Gasteiger partial charge in [-0.1, -0.05) is 0 Å². The molecule has 1 saturated carbocycles. The molecular weight excluding hydrogens is 188 g/mol. The van der Waals surface area contributed by atoms with Crippen LogP contribution in [0.1, 0.15) is 33.6 Å². The van der Waals surface area contributed by atoms with E-state index in [-0.39, 0.29) is 5.41 Å². The van der Waals surface area contributed by atoms with Crippen molar-refractivity contribution in [3.63, 3.8) is 0 Å². The molecule has 1 amide bonds. The molecule has 86 valence electrons. The van der Waals surface area contributed by atoms with Crippen LogP contribution in [-0.2, 0) is 4.79 Å². The van der Waals surface area contributed by atoms with Crippen LogP contribution in [0.4, 0.5) is 0 Å². The van der Waals surface area contributed by atoms with Crippen LogP contribution < -0.4 is 0 Å². The normalized spacial score (nSPS) is 34.3. The Morgan fingerprint density at radius 2 is 2.13 bits per heavy atom. The van der Waals surface area contributed by atoms with Gasteiger partial charge >= 0.3 is 0 Å². The zero-order chi connectivity index (χ0) is 11.2. The van der Waals surface area contributed by atoms with Crippen molar-refractivity contribution in [3.05, 3.63) is 0 Å². The smallest absolute Gasteiger partial charge is 0.229 e. The molecule has 0 radical (unpaired) electrons. The highest BCUT2D eigenvalue weighted by Crippen LogP contribution is 2.53. The maximum Gasteiger partial charge on any atom is 0.229 e. The Hall–Kier alpha value is -0.570. The van der Waals surface area contributed by atoms with Crippen LogP contribution in [0.15, 0.2) is 0 Å². The summed E-state index contributed by atoms with van der Waals surface area (Å²) in [5.41, 5.74) is -0.0142. The Bertz CT molecular complexity index is 269. The first-order valence-electron chi connectivity index (χ1n) is 6.01. The predicted molar refractivity (Wildman–Crippen MR) is 60.6 cm³/mol. The molecule has 0 spiro atoms. The lowest BCUT2D eigenvalue weighted by atomic mass is 9.69. The summed E-state index contributed by atoms with van der Waals surface area (Å²) in [5.74, 6) is 0.365. The number of hydrogen-bond acceptors (Lipinski definition) is 2. The van der Waals surface area contributed by atoms with E-state index in [0.29, 0.717) is 18.0 Å². The monoisotopic (exact) mass is 210 g/mol. The maximum absolute atomic E-state index is 12.2. The highest BCUT2D eigenvalue weighted by atomic mass is 16.2. The lowest BCUT2D eigenvalue weighted by molar-refractivity contribution is -0.142. The molecule has 3 rings (SSSR count). The Kier molecular flexibility index (Phi) is 2.53. The van der Waals surface area contributed by atoms with E-state index in [1.165, 1.54) is 0 Å². The average molecular weight is 210 g/mol. The van der Waals surface area contributed by atoms with Crippen LogP contribution in [0.3, 0.4) is 0 Å². The highest BCUT2D eigenvalue weighted by molar-refractivity contribution is 5.84. The van der Waals surface area contributed by atoms with E-state index in [4.69, 9.17) is 0 Å². The molecule has 1 aliphatic carbocycles. The third-order valence-corrected chi connectivity index (χ3v) is 4.14. The van der Waals surface area contributed by atoms with Gasteiger partial charge in [0.05, 0.1) is 5.41 Å². The summed E-state index contributed by atoms with van der Waals surface area (Å²) < 4.78 is 0. The summed E-state index contributed by atoms with van der Waals surface area (Å²) in [7, 11) is 1.92. The third-order valence-electron chi connectivity index (χ3n) is 4.14. The summed E-state index contributed by atoms with van der Waals surface area (Å²) in [6, 6.07) is 1.26. The third kappa shape index (κ3) is 1.48. The molecule has 0 unspecified atom stereocenters. The van der Waals surface area contributed by atoms with Crippen molar-refractivity contribution in [2.24, 2.45) is 5.41 Å². The molecule has 0 N–H and O–H groups in total. The summed E-state index contributed by atoms with van der Waals surface area (Å²) in [5, 5.41) is 0. The quantitative estimate of drug-likeness (QED) is 0.702. The van der Waals surface area contributed by atoms with Crippen LogP contribution >= 0.6 is 0 Å². The molecule has 2 heterocycles. The van der Waals surface area contributed by atoms with Crippen molar-refractivity contribution in [1.29, 1.82) is 0 Å². The van der Waals surface area contributed by atoms with Gasteiger partial charge < -0.3 is 4.90 Å². The average Bonchev–Trinajstić information content (AvgIpc) is 2.69. The van der Waals surface area contributed by atoms with Crippen molar-refractivity contribution in [2.75, 3.05) is 20.1 Å². The molecule has 2 aliphatic heterocycles. The molecular formula is C12H22N2O. The van der Waals surface area contributed by atoms with E-state index in [9.17, 15) is 4.79 Å². The maximum atomic E-state index is 12.2. The largest absolute Gasteiger partial charge is 0.346 e. The Morgan fingerprint density at radius 1 is 1.53 bits per heavy atom. The molecule has 2 saturated heterocycles. The second kappa shape index (κ2) is 3.48.